The van der Waals surface area contributed by atoms with Crippen LogP contribution in [0.15, 0.2) is 12.1 Å². The number of amides is 1. The molecule has 2 heterocycles. The number of rotatable bonds is 6. The van der Waals surface area contributed by atoms with Gasteiger partial charge in [-0.1, -0.05) is 13.8 Å². The fourth-order valence-corrected chi connectivity index (χ4v) is 2.65. The number of ether oxygens (including phenoxy) is 2. The molecule has 2 atom stereocenters. The molecule has 116 valence electrons. The molecule has 1 aliphatic rings. The van der Waals surface area contributed by atoms with E-state index in [9.17, 15) is 4.79 Å². The number of carbonyl (C=O) groups excluding carboxylic acids is 1. The van der Waals surface area contributed by atoms with E-state index in [0.717, 1.165) is 30.8 Å². The maximum Gasteiger partial charge on any atom is 0.226 e. The smallest absolute Gasteiger partial charge is 0.226 e. The lowest BCUT2D eigenvalue weighted by Gasteiger charge is -2.25. The van der Waals surface area contributed by atoms with Gasteiger partial charge in [0.25, 0.3) is 0 Å². The number of hydrogen-bond donors (Lipinski definition) is 1. The van der Waals surface area contributed by atoms with E-state index in [0.29, 0.717) is 11.8 Å². The van der Waals surface area contributed by atoms with Crippen LogP contribution in [-0.2, 0) is 4.79 Å². The molecule has 0 bridgehead atoms. The molecule has 0 unspecified atom stereocenters. The van der Waals surface area contributed by atoms with Crippen LogP contribution in [0.5, 0.6) is 11.6 Å². The van der Waals surface area contributed by atoms with Crippen LogP contribution in [0, 0.1) is 18.8 Å². The van der Waals surface area contributed by atoms with Crippen LogP contribution in [-0.4, -0.2) is 30.6 Å². The summed E-state index contributed by atoms with van der Waals surface area (Å²) in [4.78, 5) is 16.3. The van der Waals surface area contributed by atoms with Crippen molar-refractivity contribution < 1.29 is 14.3 Å². The second-order valence-corrected chi connectivity index (χ2v) is 5.91. The zero-order valence-electron chi connectivity index (χ0n) is 13.2. The molecule has 0 spiro atoms. The minimum Gasteiger partial charge on any atom is -0.488 e. The van der Waals surface area contributed by atoms with Crippen LogP contribution in [0.4, 0.5) is 0 Å². The first-order valence-electron chi connectivity index (χ1n) is 7.47. The topological polar surface area (TPSA) is 60.5 Å². The van der Waals surface area contributed by atoms with Gasteiger partial charge in [-0.3, -0.25) is 4.79 Å². The molecule has 1 amide bonds. The van der Waals surface area contributed by atoms with Crippen LogP contribution < -0.4 is 14.8 Å². The molecule has 0 aromatic carbocycles. The zero-order chi connectivity index (χ0) is 15.4. The van der Waals surface area contributed by atoms with E-state index < -0.39 is 0 Å². The lowest BCUT2D eigenvalue weighted by atomic mass is 9.93. The zero-order valence-corrected chi connectivity index (χ0v) is 13.2. The third-order valence-electron chi connectivity index (χ3n) is 3.74. The predicted molar refractivity (Wildman–Crippen MR) is 80.5 cm³/mol. The highest BCUT2D eigenvalue weighted by atomic mass is 16.5. The first kappa shape index (κ1) is 15.6. The number of aryl methyl sites for hydroxylation is 1. The van der Waals surface area contributed by atoms with Crippen molar-refractivity contribution in [3.63, 3.8) is 0 Å². The van der Waals surface area contributed by atoms with Crippen LogP contribution in [0.3, 0.4) is 0 Å². The van der Waals surface area contributed by atoms with Gasteiger partial charge in [-0.25, -0.2) is 4.98 Å². The Balaban J connectivity index is 2.16. The summed E-state index contributed by atoms with van der Waals surface area (Å²) in [7, 11) is 1.59. The molecule has 2 rings (SSSR count). The van der Waals surface area contributed by atoms with E-state index in [1.54, 1.807) is 13.2 Å². The first-order chi connectivity index (χ1) is 10.0. The van der Waals surface area contributed by atoms with Crippen molar-refractivity contribution in [3.8, 4) is 11.6 Å². The van der Waals surface area contributed by atoms with Crippen LogP contribution in [0.25, 0.3) is 0 Å². The molecule has 1 aliphatic heterocycles. The van der Waals surface area contributed by atoms with Gasteiger partial charge in [0, 0.05) is 12.6 Å². The molecule has 0 saturated carbocycles. The summed E-state index contributed by atoms with van der Waals surface area (Å²) in [6.07, 6.45) is 1.57. The van der Waals surface area contributed by atoms with Gasteiger partial charge in [0.2, 0.25) is 11.8 Å². The van der Waals surface area contributed by atoms with Gasteiger partial charge < -0.3 is 14.8 Å². The van der Waals surface area contributed by atoms with E-state index in [1.807, 2.05) is 13.0 Å². The average molecular weight is 292 g/mol. The second-order valence-electron chi connectivity index (χ2n) is 5.91. The summed E-state index contributed by atoms with van der Waals surface area (Å²) in [6.45, 7) is 6.91. The highest BCUT2D eigenvalue weighted by molar-refractivity contribution is 5.81. The summed E-state index contributed by atoms with van der Waals surface area (Å²) < 4.78 is 11.2. The fraction of sp³-hybridized carbons (Fsp3) is 0.625. The minimum atomic E-state index is -0.110. The lowest BCUT2D eigenvalue weighted by molar-refractivity contribution is -0.125. The second kappa shape index (κ2) is 6.78. The highest BCUT2D eigenvalue weighted by Crippen LogP contribution is 2.28. The van der Waals surface area contributed by atoms with Gasteiger partial charge in [0.1, 0.15) is 11.9 Å². The average Bonchev–Trinajstić information content (AvgIpc) is 2.85. The Morgan fingerprint density at radius 1 is 1.43 bits per heavy atom. The summed E-state index contributed by atoms with van der Waals surface area (Å²) >= 11 is 0. The highest BCUT2D eigenvalue weighted by Gasteiger charge is 2.34. The molecule has 1 saturated heterocycles. The molecule has 5 nitrogen and oxygen atoms in total. The standard InChI is InChI=1S/C16H24N2O3/c1-10(2)9-14(12-7-8-17-16(12)19)21-13-5-6-15(20-4)18-11(13)3/h5-6,10,12,14H,7-9H2,1-4H3,(H,17,19)/t12-,14+/m1/s1. The molecule has 1 aromatic rings. The number of nitrogens with zero attached hydrogens (tertiary/aromatic N) is 1. The third-order valence-corrected chi connectivity index (χ3v) is 3.74. The van der Waals surface area contributed by atoms with E-state index in [1.165, 1.54) is 0 Å². The minimum absolute atomic E-state index is 0.0751. The summed E-state index contributed by atoms with van der Waals surface area (Å²) in [5, 5.41) is 2.89. The van der Waals surface area contributed by atoms with Gasteiger partial charge in [0.05, 0.1) is 18.7 Å². The molecule has 1 N–H and O–H groups in total. The Morgan fingerprint density at radius 2 is 2.19 bits per heavy atom. The number of aromatic nitrogens is 1. The number of pyridine rings is 1. The van der Waals surface area contributed by atoms with Crippen molar-refractivity contribution >= 4 is 5.91 Å². The maximum atomic E-state index is 11.9. The number of hydrogen-bond acceptors (Lipinski definition) is 4. The van der Waals surface area contributed by atoms with E-state index in [2.05, 4.69) is 24.1 Å². The number of methoxy groups -OCH3 is 1. The van der Waals surface area contributed by atoms with Gasteiger partial charge in [-0.15, -0.1) is 0 Å². The molecule has 5 heteroatoms. The molecular formula is C16H24N2O3. The maximum absolute atomic E-state index is 11.9. The Kier molecular flexibility index (Phi) is 5.04. The molecule has 1 aromatic heterocycles. The third kappa shape index (κ3) is 3.86. The quantitative estimate of drug-likeness (QED) is 0.874. The number of nitrogens with one attached hydrogen (secondary N) is 1. The Bertz CT molecular complexity index is 502. The van der Waals surface area contributed by atoms with Crippen LogP contribution >= 0.6 is 0 Å². The number of carbonyl (C=O) groups is 1. The summed E-state index contributed by atoms with van der Waals surface area (Å²) in [6, 6.07) is 3.64. The van der Waals surface area contributed by atoms with Crippen molar-refractivity contribution in [1.29, 1.82) is 0 Å². The monoisotopic (exact) mass is 292 g/mol. The molecule has 0 radical (unpaired) electrons. The van der Waals surface area contributed by atoms with Crippen LogP contribution in [0.1, 0.15) is 32.4 Å². The fourth-order valence-electron chi connectivity index (χ4n) is 2.65. The van der Waals surface area contributed by atoms with Gasteiger partial charge in [-0.2, -0.15) is 0 Å². The van der Waals surface area contributed by atoms with Gasteiger partial charge >= 0.3 is 0 Å². The first-order valence-corrected chi connectivity index (χ1v) is 7.47. The van der Waals surface area contributed by atoms with E-state index >= 15 is 0 Å². The van der Waals surface area contributed by atoms with Gasteiger partial charge in [-0.05, 0) is 31.7 Å². The molecule has 21 heavy (non-hydrogen) atoms. The summed E-state index contributed by atoms with van der Waals surface area (Å²) in [5.41, 5.74) is 0.779. The van der Waals surface area contributed by atoms with Crippen molar-refractivity contribution in [1.82, 2.24) is 10.3 Å². The van der Waals surface area contributed by atoms with Crippen molar-refractivity contribution in [2.75, 3.05) is 13.7 Å². The van der Waals surface area contributed by atoms with Gasteiger partial charge in [0.15, 0.2) is 0 Å². The SMILES string of the molecule is COc1ccc(O[C@@H](CC(C)C)[C@H]2CCNC2=O)c(C)n1. The van der Waals surface area contributed by atoms with Crippen molar-refractivity contribution in [2.45, 2.75) is 39.7 Å². The molecule has 0 aliphatic carbocycles. The largest absolute Gasteiger partial charge is 0.488 e. The molecular weight excluding hydrogens is 268 g/mol. The van der Waals surface area contributed by atoms with E-state index in [4.69, 9.17) is 9.47 Å². The van der Waals surface area contributed by atoms with Crippen molar-refractivity contribution in [3.05, 3.63) is 17.8 Å². The summed E-state index contributed by atoms with van der Waals surface area (Å²) in [5.74, 6) is 1.78. The van der Waals surface area contributed by atoms with E-state index in [-0.39, 0.29) is 17.9 Å². The predicted octanol–water partition coefficient (Wildman–Crippen LogP) is 2.33. The Hall–Kier alpha value is -1.78. The Morgan fingerprint density at radius 3 is 2.71 bits per heavy atom. The van der Waals surface area contributed by atoms with Crippen molar-refractivity contribution in [2.24, 2.45) is 11.8 Å². The Labute approximate surface area is 126 Å². The molecule has 1 fully saturated rings. The lowest BCUT2D eigenvalue weighted by Crippen LogP contribution is -2.34. The van der Waals surface area contributed by atoms with Crippen LogP contribution in [0.2, 0.25) is 0 Å². The normalized spacial score (nSPS) is 19.5.